The number of halogens is 2. The quantitative estimate of drug-likeness (QED) is 0.285. The number of rotatable bonds is 12. The van der Waals surface area contributed by atoms with Crippen LogP contribution in [0.3, 0.4) is 0 Å². The van der Waals surface area contributed by atoms with Crippen molar-refractivity contribution in [1.29, 1.82) is 0 Å². The Morgan fingerprint density at radius 3 is 2.14 bits per heavy atom. The Morgan fingerprint density at radius 2 is 1.54 bits per heavy atom. The summed E-state index contributed by atoms with van der Waals surface area (Å²) in [5.41, 5.74) is 2.70. The van der Waals surface area contributed by atoms with Crippen LogP contribution in [0.2, 0.25) is 10.0 Å². The lowest BCUT2D eigenvalue weighted by atomic mass is 10.0. The molecule has 0 aliphatic carbocycles. The molecule has 3 aromatic rings. The Hall–Kier alpha value is -3.02. The van der Waals surface area contributed by atoms with Crippen molar-refractivity contribution in [1.82, 2.24) is 10.2 Å². The molecule has 0 aliphatic heterocycles. The van der Waals surface area contributed by atoms with Crippen molar-refractivity contribution in [2.75, 3.05) is 6.61 Å². The van der Waals surface area contributed by atoms with E-state index in [0.717, 1.165) is 18.4 Å². The van der Waals surface area contributed by atoms with E-state index in [1.807, 2.05) is 68.4 Å². The van der Waals surface area contributed by atoms with Gasteiger partial charge in [-0.2, -0.15) is 0 Å². The molecule has 0 aliphatic rings. The zero-order valence-electron chi connectivity index (χ0n) is 21.5. The fourth-order valence-corrected chi connectivity index (χ4v) is 4.42. The third kappa shape index (κ3) is 8.24. The topological polar surface area (TPSA) is 58.6 Å². The van der Waals surface area contributed by atoms with Gasteiger partial charge in [-0.15, -0.1) is 0 Å². The fraction of sp³-hybridized carbons (Fsp3) is 0.333. The molecule has 196 valence electrons. The first-order valence-electron chi connectivity index (χ1n) is 12.6. The molecule has 0 bridgehead atoms. The Labute approximate surface area is 229 Å². The highest BCUT2D eigenvalue weighted by molar-refractivity contribution is 6.36. The molecule has 0 fully saturated rings. The minimum atomic E-state index is -0.790. The number of hydrogen-bond acceptors (Lipinski definition) is 3. The van der Waals surface area contributed by atoms with Gasteiger partial charge in [-0.25, -0.2) is 0 Å². The zero-order chi connectivity index (χ0) is 26.8. The van der Waals surface area contributed by atoms with Gasteiger partial charge >= 0.3 is 0 Å². The molecular weight excluding hydrogens is 507 g/mol. The summed E-state index contributed by atoms with van der Waals surface area (Å²) >= 11 is 13.0. The van der Waals surface area contributed by atoms with E-state index < -0.39 is 6.04 Å². The van der Waals surface area contributed by atoms with Crippen molar-refractivity contribution >= 4 is 35.0 Å². The molecule has 2 unspecified atom stereocenters. The maximum atomic E-state index is 13.7. The molecule has 37 heavy (non-hydrogen) atoms. The van der Waals surface area contributed by atoms with Gasteiger partial charge in [0.05, 0.1) is 0 Å². The number of nitrogens with one attached hydrogen (secondary N) is 1. The molecule has 1 N–H and O–H groups in total. The van der Waals surface area contributed by atoms with Gasteiger partial charge in [0.15, 0.2) is 6.61 Å². The van der Waals surface area contributed by atoms with Crippen molar-refractivity contribution in [3.8, 4) is 5.75 Å². The summed E-state index contributed by atoms with van der Waals surface area (Å²) in [7, 11) is 0. The number of carbonyl (C=O) groups excluding carboxylic acids is 2. The lowest BCUT2D eigenvalue weighted by Gasteiger charge is -2.32. The molecule has 5 nitrogen and oxygen atoms in total. The summed E-state index contributed by atoms with van der Waals surface area (Å²) in [4.78, 5) is 28.8. The van der Waals surface area contributed by atoms with Crippen LogP contribution in [0.4, 0.5) is 0 Å². The van der Waals surface area contributed by atoms with E-state index in [-0.39, 0.29) is 31.0 Å². The molecule has 2 atom stereocenters. The highest BCUT2D eigenvalue weighted by Crippen LogP contribution is 2.27. The average Bonchev–Trinajstić information content (AvgIpc) is 2.91. The summed E-state index contributed by atoms with van der Waals surface area (Å²) < 4.78 is 5.84. The predicted octanol–water partition coefficient (Wildman–Crippen LogP) is 6.49. The molecule has 0 spiro atoms. The van der Waals surface area contributed by atoms with Gasteiger partial charge in [0, 0.05) is 34.6 Å². The smallest absolute Gasteiger partial charge is 0.261 e. The SMILES string of the molecule is CCc1ccc(OCC(=O)N(Cc2c(Cl)cccc2Cl)C(Cc2ccccc2)C(=O)NC(C)CC)cc1. The largest absolute Gasteiger partial charge is 0.484 e. The number of amides is 2. The Kier molecular flexibility index (Phi) is 10.8. The first-order chi connectivity index (χ1) is 17.8. The maximum Gasteiger partial charge on any atom is 0.261 e. The molecule has 3 aromatic carbocycles. The van der Waals surface area contributed by atoms with Gasteiger partial charge in [-0.1, -0.05) is 85.6 Å². The van der Waals surface area contributed by atoms with Crippen LogP contribution in [0.5, 0.6) is 5.75 Å². The van der Waals surface area contributed by atoms with E-state index in [1.54, 1.807) is 18.2 Å². The second-order valence-electron chi connectivity index (χ2n) is 9.03. The standard InChI is InChI=1S/C30H34Cl2N2O3/c1-4-21(3)33-30(36)28(18-23-10-7-6-8-11-23)34(19-25-26(31)12-9-13-27(25)32)29(35)20-37-24-16-14-22(5-2)15-17-24/h6-17,21,28H,4-5,18-20H2,1-3H3,(H,33,36). The highest BCUT2D eigenvalue weighted by atomic mass is 35.5. The summed E-state index contributed by atoms with van der Waals surface area (Å²) in [5.74, 6) is 0.0164. The minimum Gasteiger partial charge on any atom is -0.484 e. The Balaban J connectivity index is 1.94. The summed E-state index contributed by atoms with van der Waals surface area (Å²) in [6, 6.07) is 21.6. The normalized spacial score (nSPS) is 12.5. The molecule has 2 amide bonds. The van der Waals surface area contributed by atoms with Crippen LogP contribution < -0.4 is 10.1 Å². The summed E-state index contributed by atoms with van der Waals surface area (Å²) in [6.45, 7) is 5.86. The van der Waals surface area contributed by atoms with Gasteiger partial charge in [-0.3, -0.25) is 9.59 Å². The Morgan fingerprint density at radius 1 is 0.892 bits per heavy atom. The van der Waals surface area contributed by atoms with E-state index in [1.165, 1.54) is 10.5 Å². The van der Waals surface area contributed by atoms with Gasteiger partial charge in [0.25, 0.3) is 5.91 Å². The zero-order valence-corrected chi connectivity index (χ0v) is 23.1. The van der Waals surface area contributed by atoms with Gasteiger partial charge in [-0.05, 0) is 55.2 Å². The van der Waals surface area contributed by atoms with Crippen molar-refractivity contribution < 1.29 is 14.3 Å². The van der Waals surface area contributed by atoms with Crippen LogP contribution in [0.15, 0.2) is 72.8 Å². The average molecular weight is 542 g/mol. The van der Waals surface area contributed by atoms with E-state index in [0.29, 0.717) is 27.8 Å². The van der Waals surface area contributed by atoms with Gasteiger partial charge < -0.3 is 15.0 Å². The molecule has 0 aromatic heterocycles. The third-order valence-electron chi connectivity index (χ3n) is 6.36. The van der Waals surface area contributed by atoms with E-state index in [2.05, 4.69) is 12.2 Å². The monoisotopic (exact) mass is 540 g/mol. The molecule has 0 saturated carbocycles. The van der Waals surface area contributed by atoms with Crippen LogP contribution in [0.25, 0.3) is 0 Å². The van der Waals surface area contributed by atoms with Gasteiger partial charge in [0.2, 0.25) is 5.91 Å². The maximum absolute atomic E-state index is 13.7. The number of aryl methyl sites for hydroxylation is 1. The molecule has 3 rings (SSSR count). The number of nitrogens with zero attached hydrogens (tertiary/aromatic N) is 1. The van der Waals surface area contributed by atoms with Crippen LogP contribution >= 0.6 is 23.2 Å². The fourth-order valence-electron chi connectivity index (χ4n) is 3.90. The van der Waals surface area contributed by atoms with E-state index in [4.69, 9.17) is 27.9 Å². The lowest BCUT2D eigenvalue weighted by Crippen LogP contribution is -2.53. The van der Waals surface area contributed by atoms with Crippen LogP contribution in [-0.4, -0.2) is 35.4 Å². The van der Waals surface area contributed by atoms with Crippen molar-refractivity contribution in [3.05, 3.63) is 99.5 Å². The first kappa shape index (κ1) is 28.5. The van der Waals surface area contributed by atoms with E-state index >= 15 is 0 Å². The van der Waals surface area contributed by atoms with Gasteiger partial charge in [0.1, 0.15) is 11.8 Å². The van der Waals surface area contributed by atoms with Crippen molar-refractivity contribution in [2.24, 2.45) is 0 Å². The molecule has 0 saturated heterocycles. The molecule has 0 heterocycles. The number of hydrogen-bond donors (Lipinski definition) is 1. The second kappa shape index (κ2) is 14.1. The van der Waals surface area contributed by atoms with Crippen molar-refractivity contribution in [2.45, 2.75) is 58.7 Å². The number of ether oxygens (including phenoxy) is 1. The summed E-state index contributed by atoms with van der Waals surface area (Å²) in [5, 5.41) is 3.91. The third-order valence-corrected chi connectivity index (χ3v) is 7.06. The number of benzene rings is 3. The minimum absolute atomic E-state index is 0.0417. The predicted molar refractivity (Wildman–Crippen MR) is 150 cm³/mol. The second-order valence-corrected chi connectivity index (χ2v) is 9.85. The molecule has 7 heteroatoms. The lowest BCUT2D eigenvalue weighted by molar-refractivity contribution is -0.143. The van der Waals surface area contributed by atoms with Crippen LogP contribution in [0.1, 0.15) is 43.9 Å². The van der Waals surface area contributed by atoms with Crippen molar-refractivity contribution in [3.63, 3.8) is 0 Å². The first-order valence-corrected chi connectivity index (χ1v) is 13.4. The molecular formula is C30H34Cl2N2O3. The van der Waals surface area contributed by atoms with E-state index in [9.17, 15) is 9.59 Å². The molecule has 0 radical (unpaired) electrons. The Bertz CT molecular complexity index is 1150. The highest BCUT2D eigenvalue weighted by Gasteiger charge is 2.32. The van der Waals surface area contributed by atoms with Crippen LogP contribution in [0, 0.1) is 0 Å². The van der Waals surface area contributed by atoms with Crippen LogP contribution in [-0.2, 0) is 29.0 Å². The number of carbonyl (C=O) groups is 2. The summed E-state index contributed by atoms with van der Waals surface area (Å²) in [6.07, 6.45) is 2.02.